The van der Waals surface area contributed by atoms with Gasteiger partial charge in [0.2, 0.25) is 0 Å². The molecule has 3 nitrogen and oxygen atoms in total. The molecule has 0 saturated heterocycles. The van der Waals surface area contributed by atoms with Crippen LogP contribution in [0.25, 0.3) is 0 Å². The molecule has 100 valence electrons. The van der Waals surface area contributed by atoms with Crippen LogP contribution < -0.4 is 10.5 Å². The number of methoxy groups -OCH3 is 1. The molecule has 0 heterocycles. The standard InChI is InChI=1S/C15H24N2O/c1-17(12-15(11-16)8-9-15)10-7-13-3-5-14(18-2)6-4-13/h3-6H,7-12,16H2,1-2H3. The van der Waals surface area contributed by atoms with Gasteiger partial charge in [-0.25, -0.2) is 0 Å². The average molecular weight is 248 g/mol. The maximum absolute atomic E-state index is 5.82. The van der Waals surface area contributed by atoms with E-state index in [0.717, 1.165) is 31.8 Å². The lowest BCUT2D eigenvalue weighted by atomic mass is 10.1. The van der Waals surface area contributed by atoms with E-state index in [-0.39, 0.29) is 0 Å². The van der Waals surface area contributed by atoms with Crippen LogP contribution in [0.1, 0.15) is 18.4 Å². The summed E-state index contributed by atoms with van der Waals surface area (Å²) in [5.74, 6) is 0.923. The van der Waals surface area contributed by atoms with Gasteiger partial charge in [0.15, 0.2) is 0 Å². The van der Waals surface area contributed by atoms with Crippen molar-refractivity contribution in [2.45, 2.75) is 19.3 Å². The summed E-state index contributed by atoms with van der Waals surface area (Å²) in [7, 11) is 3.89. The number of nitrogens with zero attached hydrogens (tertiary/aromatic N) is 1. The Kier molecular flexibility index (Phi) is 4.25. The molecule has 0 radical (unpaired) electrons. The minimum Gasteiger partial charge on any atom is -0.497 e. The molecule has 3 heteroatoms. The topological polar surface area (TPSA) is 38.5 Å². The van der Waals surface area contributed by atoms with E-state index >= 15 is 0 Å². The van der Waals surface area contributed by atoms with Crippen LogP contribution in [0.5, 0.6) is 5.75 Å². The zero-order valence-electron chi connectivity index (χ0n) is 11.5. The molecule has 0 aliphatic heterocycles. The first-order valence-corrected chi connectivity index (χ1v) is 6.69. The van der Waals surface area contributed by atoms with E-state index in [1.807, 2.05) is 12.1 Å². The molecule has 1 aromatic carbocycles. The van der Waals surface area contributed by atoms with Gasteiger partial charge in [0.1, 0.15) is 5.75 Å². The fourth-order valence-electron chi connectivity index (χ4n) is 2.37. The molecular weight excluding hydrogens is 224 g/mol. The normalized spacial score (nSPS) is 16.9. The number of likely N-dealkylation sites (N-methyl/N-ethyl adjacent to an activating group) is 1. The second-order valence-electron chi connectivity index (χ2n) is 5.54. The van der Waals surface area contributed by atoms with E-state index in [0.29, 0.717) is 5.41 Å². The van der Waals surface area contributed by atoms with Crippen molar-refractivity contribution in [3.63, 3.8) is 0 Å². The van der Waals surface area contributed by atoms with Crippen LogP contribution in [0, 0.1) is 5.41 Å². The third kappa shape index (κ3) is 3.47. The summed E-state index contributed by atoms with van der Waals surface area (Å²) >= 11 is 0. The van der Waals surface area contributed by atoms with Crippen molar-refractivity contribution in [3.05, 3.63) is 29.8 Å². The molecule has 0 unspecified atom stereocenters. The largest absolute Gasteiger partial charge is 0.497 e. The molecule has 1 aromatic rings. The monoisotopic (exact) mass is 248 g/mol. The van der Waals surface area contributed by atoms with Crippen molar-refractivity contribution in [2.24, 2.45) is 11.1 Å². The fourth-order valence-corrected chi connectivity index (χ4v) is 2.37. The summed E-state index contributed by atoms with van der Waals surface area (Å²) in [6.07, 6.45) is 3.69. The maximum Gasteiger partial charge on any atom is 0.118 e. The highest BCUT2D eigenvalue weighted by atomic mass is 16.5. The summed E-state index contributed by atoms with van der Waals surface area (Å²) in [6, 6.07) is 8.33. The van der Waals surface area contributed by atoms with Crippen LogP contribution in [0.3, 0.4) is 0 Å². The summed E-state index contributed by atoms with van der Waals surface area (Å²) < 4.78 is 5.16. The van der Waals surface area contributed by atoms with Crippen molar-refractivity contribution < 1.29 is 4.74 Å². The highest BCUT2D eigenvalue weighted by Gasteiger charge is 2.41. The van der Waals surface area contributed by atoms with Crippen LogP contribution >= 0.6 is 0 Å². The number of benzene rings is 1. The van der Waals surface area contributed by atoms with Gasteiger partial charge in [-0.1, -0.05) is 12.1 Å². The first-order valence-electron chi connectivity index (χ1n) is 6.69. The molecule has 0 aromatic heterocycles. The van der Waals surface area contributed by atoms with Crippen LogP contribution in [0.4, 0.5) is 0 Å². The Hall–Kier alpha value is -1.06. The van der Waals surface area contributed by atoms with Crippen molar-refractivity contribution in [1.29, 1.82) is 0 Å². The fraction of sp³-hybridized carbons (Fsp3) is 0.600. The highest BCUT2D eigenvalue weighted by Crippen LogP contribution is 2.44. The lowest BCUT2D eigenvalue weighted by Crippen LogP contribution is -2.32. The van der Waals surface area contributed by atoms with Crippen molar-refractivity contribution >= 4 is 0 Å². The van der Waals surface area contributed by atoms with Gasteiger partial charge in [-0.05, 0) is 56.0 Å². The summed E-state index contributed by atoms with van der Waals surface area (Å²) in [4.78, 5) is 2.41. The number of rotatable bonds is 7. The Balaban J connectivity index is 1.76. The molecule has 1 aliphatic rings. The van der Waals surface area contributed by atoms with Crippen molar-refractivity contribution in [1.82, 2.24) is 4.90 Å². The first-order chi connectivity index (χ1) is 8.67. The Morgan fingerprint density at radius 2 is 1.94 bits per heavy atom. The number of hydrogen-bond acceptors (Lipinski definition) is 3. The van der Waals surface area contributed by atoms with E-state index in [4.69, 9.17) is 10.5 Å². The lowest BCUT2D eigenvalue weighted by molar-refractivity contribution is 0.269. The molecular formula is C15H24N2O. The Morgan fingerprint density at radius 3 is 2.44 bits per heavy atom. The average Bonchev–Trinajstić information content (AvgIpc) is 3.17. The molecule has 2 N–H and O–H groups in total. The quantitative estimate of drug-likeness (QED) is 0.801. The minimum absolute atomic E-state index is 0.439. The van der Waals surface area contributed by atoms with E-state index in [1.54, 1.807) is 7.11 Å². The van der Waals surface area contributed by atoms with Gasteiger partial charge < -0.3 is 15.4 Å². The van der Waals surface area contributed by atoms with E-state index < -0.39 is 0 Å². The summed E-state index contributed by atoms with van der Waals surface area (Å²) in [5.41, 5.74) is 7.62. The predicted molar refractivity (Wildman–Crippen MR) is 74.9 cm³/mol. The summed E-state index contributed by atoms with van der Waals surface area (Å²) in [6.45, 7) is 3.06. The minimum atomic E-state index is 0.439. The first kappa shape index (κ1) is 13.4. The van der Waals surface area contributed by atoms with Gasteiger partial charge in [0.05, 0.1) is 7.11 Å². The molecule has 0 bridgehead atoms. The SMILES string of the molecule is COc1ccc(CCN(C)CC2(CN)CC2)cc1. The van der Waals surface area contributed by atoms with Gasteiger partial charge in [-0.2, -0.15) is 0 Å². The molecule has 1 fully saturated rings. The Bertz CT molecular complexity index is 371. The summed E-state index contributed by atoms with van der Waals surface area (Å²) in [5, 5.41) is 0. The number of ether oxygens (including phenoxy) is 1. The van der Waals surface area contributed by atoms with E-state index in [2.05, 4.69) is 24.1 Å². The molecule has 0 amide bonds. The third-order valence-corrected chi connectivity index (χ3v) is 3.94. The van der Waals surface area contributed by atoms with Gasteiger partial charge >= 0.3 is 0 Å². The zero-order chi connectivity index (χ0) is 13.0. The predicted octanol–water partition coefficient (Wildman–Crippen LogP) is 1.91. The Labute approximate surface area is 110 Å². The number of hydrogen-bond donors (Lipinski definition) is 1. The molecule has 1 saturated carbocycles. The highest BCUT2D eigenvalue weighted by molar-refractivity contribution is 5.27. The second-order valence-corrected chi connectivity index (χ2v) is 5.54. The van der Waals surface area contributed by atoms with E-state index in [1.165, 1.54) is 18.4 Å². The molecule has 0 atom stereocenters. The molecule has 18 heavy (non-hydrogen) atoms. The lowest BCUT2D eigenvalue weighted by Gasteiger charge is -2.22. The van der Waals surface area contributed by atoms with Crippen LogP contribution in [0.15, 0.2) is 24.3 Å². The van der Waals surface area contributed by atoms with Crippen LogP contribution in [-0.2, 0) is 6.42 Å². The van der Waals surface area contributed by atoms with Gasteiger partial charge in [-0.15, -0.1) is 0 Å². The van der Waals surface area contributed by atoms with Gasteiger partial charge in [-0.3, -0.25) is 0 Å². The van der Waals surface area contributed by atoms with Crippen molar-refractivity contribution in [2.75, 3.05) is 33.8 Å². The molecule has 2 rings (SSSR count). The van der Waals surface area contributed by atoms with Gasteiger partial charge in [0, 0.05) is 13.1 Å². The van der Waals surface area contributed by atoms with Crippen LogP contribution in [0.2, 0.25) is 0 Å². The van der Waals surface area contributed by atoms with Crippen LogP contribution in [-0.4, -0.2) is 38.7 Å². The Morgan fingerprint density at radius 1 is 1.28 bits per heavy atom. The second kappa shape index (κ2) is 5.72. The maximum atomic E-state index is 5.82. The van der Waals surface area contributed by atoms with Gasteiger partial charge in [0.25, 0.3) is 0 Å². The number of nitrogens with two attached hydrogens (primary N) is 1. The smallest absolute Gasteiger partial charge is 0.118 e. The molecule has 0 spiro atoms. The molecule has 1 aliphatic carbocycles. The van der Waals surface area contributed by atoms with E-state index in [9.17, 15) is 0 Å². The zero-order valence-corrected chi connectivity index (χ0v) is 11.5. The third-order valence-electron chi connectivity index (χ3n) is 3.94. The van der Waals surface area contributed by atoms with Crippen molar-refractivity contribution in [3.8, 4) is 5.75 Å².